The van der Waals surface area contributed by atoms with Crippen molar-refractivity contribution in [1.82, 2.24) is 15.2 Å². The summed E-state index contributed by atoms with van der Waals surface area (Å²) in [6.45, 7) is 0.205. The summed E-state index contributed by atoms with van der Waals surface area (Å²) in [5, 5.41) is 7.85. The average molecular weight is 396 g/mol. The minimum absolute atomic E-state index is 0.162. The van der Waals surface area contributed by atoms with E-state index in [1.807, 2.05) is 47.2 Å². The Bertz CT molecular complexity index is 1030. The Morgan fingerprint density at radius 2 is 2.04 bits per heavy atom. The van der Waals surface area contributed by atoms with E-state index in [0.29, 0.717) is 6.42 Å². The van der Waals surface area contributed by atoms with E-state index in [1.54, 1.807) is 11.3 Å². The fourth-order valence-electron chi connectivity index (χ4n) is 4.01. The number of thiophene rings is 1. The Balaban J connectivity index is 1.44. The van der Waals surface area contributed by atoms with Gasteiger partial charge in [0.15, 0.2) is 0 Å². The Kier molecular flexibility index (Phi) is 3.87. The van der Waals surface area contributed by atoms with Crippen LogP contribution in [0.4, 0.5) is 4.79 Å². The topological polar surface area (TPSA) is 62.3 Å². The summed E-state index contributed by atoms with van der Waals surface area (Å²) in [4.78, 5) is 33.0. The molecule has 1 fully saturated rings. The lowest BCUT2D eigenvalue weighted by atomic mass is 9.76. The standard InChI is InChI=1S/C20H17N3O2S2/c24-18-20(9-3-6-13-5-1-2-7-15(13)20)22-19(25)23(18)11-14-12-27-17(21-14)16-8-4-10-26-16/h1-2,4-5,7-8,10,12H,3,6,9,11H2,(H,22,25)/t20-/m0/s1. The lowest BCUT2D eigenvalue weighted by molar-refractivity contribution is -0.132. The van der Waals surface area contributed by atoms with Gasteiger partial charge < -0.3 is 5.32 Å². The number of carbonyl (C=O) groups is 2. The van der Waals surface area contributed by atoms with Crippen LogP contribution in [-0.4, -0.2) is 21.8 Å². The number of aryl methyl sites for hydroxylation is 1. The molecule has 0 radical (unpaired) electrons. The summed E-state index contributed by atoms with van der Waals surface area (Å²) < 4.78 is 0. The molecule has 5 nitrogen and oxygen atoms in total. The van der Waals surface area contributed by atoms with Crippen LogP contribution in [0.15, 0.2) is 47.2 Å². The fourth-order valence-corrected chi connectivity index (χ4v) is 5.64. The van der Waals surface area contributed by atoms with E-state index in [2.05, 4.69) is 10.3 Å². The number of rotatable bonds is 3. The molecule has 3 aromatic rings. The highest BCUT2D eigenvalue weighted by atomic mass is 32.1. The Morgan fingerprint density at radius 3 is 2.89 bits per heavy atom. The third kappa shape index (κ3) is 2.61. The molecule has 2 aliphatic rings. The molecule has 2 aromatic heterocycles. The van der Waals surface area contributed by atoms with Gasteiger partial charge in [-0.2, -0.15) is 0 Å². The summed E-state index contributed by atoms with van der Waals surface area (Å²) in [5.74, 6) is -0.162. The molecule has 0 saturated carbocycles. The van der Waals surface area contributed by atoms with Crippen LogP contribution < -0.4 is 5.32 Å². The minimum atomic E-state index is -0.918. The highest BCUT2D eigenvalue weighted by Gasteiger charge is 2.53. The quantitative estimate of drug-likeness (QED) is 0.678. The molecule has 5 rings (SSSR count). The highest BCUT2D eigenvalue weighted by Crippen LogP contribution is 2.40. The number of nitrogens with zero attached hydrogens (tertiary/aromatic N) is 2. The summed E-state index contributed by atoms with van der Waals surface area (Å²) in [6, 6.07) is 11.6. The van der Waals surface area contributed by atoms with E-state index in [1.165, 1.54) is 16.2 Å². The number of hydrogen-bond acceptors (Lipinski definition) is 5. The fraction of sp³-hybridized carbons (Fsp3) is 0.250. The maximum atomic E-state index is 13.3. The molecular formula is C20H17N3O2S2. The number of aromatic nitrogens is 1. The second-order valence-electron chi connectivity index (χ2n) is 6.86. The number of amides is 3. The van der Waals surface area contributed by atoms with Crippen LogP contribution in [0.5, 0.6) is 0 Å². The first-order valence-electron chi connectivity index (χ1n) is 8.88. The van der Waals surface area contributed by atoms with Gasteiger partial charge in [0.2, 0.25) is 0 Å². The number of thiazole rings is 1. The second-order valence-corrected chi connectivity index (χ2v) is 8.66. The van der Waals surface area contributed by atoms with E-state index in [9.17, 15) is 9.59 Å². The van der Waals surface area contributed by atoms with Crippen molar-refractivity contribution in [2.75, 3.05) is 0 Å². The number of imide groups is 1. The number of hydrogen-bond donors (Lipinski definition) is 1. The SMILES string of the molecule is O=C1N[C@]2(CCCc3ccccc32)C(=O)N1Cc1csc(-c2cccs2)n1. The van der Waals surface area contributed by atoms with Crippen molar-refractivity contribution in [3.05, 3.63) is 64.0 Å². The summed E-state index contributed by atoms with van der Waals surface area (Å²) in [6.07, 6.45) is 2.47. The van der Waals surface area contributed by atoms with Crippen LogP contribution in [0.2, 0.25) is 0 Å². The number of urea groups is 1. The summed E-state index contributed by atoms with van der Waals surface area (Å²) >= 11 is 3.17. The van der Waals surface area contributed by atoms with E-state index >= 15 is 0 Å². The van der Waals surface area contributed by atoms with Crippen molar-refractivity contribution < 1.29 is 9.59 Å². The van der Waals surface area contributed by atoms with Gasteiger partial charge in [0.25, 0.3) is 5.91 Å². The zero-order valence-corrected chi connectivity index (χ0v) is 16.1. The second kappa shape index (κ2) is 6.28. The smallest absolute Gasteiger partial charge is 0.319 e. The van der Waals surface area contributed by atoms with Crippen LogP contribution in [0.25, 0.3) is 9.88 Å². The van der Waals surface area contributed by atoms with Crippen molar-refractivity contribution in [3.63, 3.8) is 0 Å². The van der Waals surface area contributed by atoms with E-state index in [0.717, 1.165) is 39.5 Å². The number of fused-ring (bicyclic) bond motifs is 2. The van der Waals surface area contributed by atoms with Gasteiger partial charge in [0, 0.05) is 5.38 Å². The highest BCUT2D eigenvalue weighted by molar-refractivity contribution is 7.20. The Labute approximate surface area is 164 Å². The number of carbonyl (C=O) groups excluding carboxylic acids is 2. The van der Waals surface area contributed by atoms with Crippen LogP contribution >= 0.6 is 22.7 Å². The number of benzene rings is 1. The molecule has 0 unspecified atom stereocenters. The lowest BCUT2D eigenvalue weighted by Crippen LogP contribution is -2.46. The van der Waals surface area contributed by atoms with Crippen LogP contribution in [-0.2, 0) is 23.3 Å². The molecule has 1 aromatic carbocycles. The largest absolute Gasteiger partial charge is 0.325 e. The zero-order chi connectivity index (χ0) is 18.4. The first-order valence-corrected chi connectivity index (χ1v) is 10.6. The van der Waals surface area contributed by atoms with Crippen molar-refractivity contribution in [1.29, 1.82) is 0 Å². The maximum absolute atomic E-state index is 13.3. The van der Waals surface area contributed by atoms with Gasteiger partial charge in [-0.3, -0.25) is 9.69 Å². The molecule has 3 amide bonds. The number of nitrogens with one attached hydrogen (secondary N) is 1. The van der Waals surface area contributed by atoms with Crippen LogP contribution in [0.3, 0.4) is 0 Å². The van der Waals surface area contributed by atoms with Crippen LogP contribution in [0.1, 0.15) is 29.7 Å². The van der Waals surface area contributed by atoms with E-state index < -0.39 is 5.54 Å². The van der Waals surface area contributed by atoms with Gasteiger partial charge in [0.05, 0.1) is 17.1 Å². The predicted octanol–water partition coefficient (Wildman–Crippen LogP) is 4.16. The van der Waals surface area contributed by atoms with Crippen molar-refractivity contribution in [3.8, 4) is 9.88 Å². The Hall–Kier alpha value is -2.51. The normalized spacial score (nSPS) is 21.6. The molecule has 7 heteroatoms. The van der Waals surface area contributed by atoms with Gasteiger partial charge in [-0.25, -0.2) is 9.78 Å². The van der Waals surface area contributed by atoms with Crippen LogP contribution in [0, 0.1) is 0 Å². The molecule has 136 valence electrons. The van der Waals surface area contributed by atoms with Gasteiger partial charge in [0.1, 0.15) is 10.5 Å². The first kappa shape index (κ1) is 16.6. The van der Waals surface area contributed by atoms with Gasteiger partial charge in [-0.1, -0.05) is 30.3 Å². The molecule has 1 atom stereocenters. The molecule has 1 spiro atoms. The minimum Gasteiger partial charge on any atom is -0.319 e. The van der Waals surface area contributed by atoms with Crippen molar-refractivity contribution in [2.45, 2.75) is 31.3 Å². The average Bonchev–Trinajstić information content (AvgIpc) is 3.40. The third-order valence-electron chi connectivity index (χ3n) is 5.25. The van der Waals surface area contributed by atoms with Gasteiger partial charge >= 0.3 is 6.03 Å². The first-order chi connectivity index (χ1) is 13.2. The molecule has 1 saturated heterocycles. The molecule has 1 aliphatic carbocycles. The molecule has 27 heavy (non-hydrogen) atoms. The summed E-state index contributed by atoms with van der Waals surface area (Å²) in [7, 11) is 0. The third-order valence-corrected chi connectivity index (χ3v) is 7.18. The summed E-state index contributed by atoms with van der Waals surface area (Å²) in [5.41, 5.74) is 1.91. The molecule has 0 bridgehead atoms. The monoisotopic (exact) mass is 395 g/mol. The maximum Gasteiger partial charge on any atom is 0.325 e. The van der Waals surface area contributed by atoms with Crippen molar-refractivity contribution >= 4 is 34.6 Å². The van der Waals surface area contributed by atoms with Gasteiger partial charge in [-0.05, 0) is 41.8 Å². The lowest BCUT2D eigenvalue weighted by Gasteiger charge is -2.33. The molecule has 3 heterocycles. The Morgan fingerprint density at radius 1 is 1.15 bits per heavy atom. The molecule has 1 N–H and O–H groups in total. The molecule has 1 aliphatic heterocycles. The molecular weight excluding hydrogens is 378 g/mol. The predicted molar refractivity (Wildman–Crippen MR) is 106 cm³/mol. The van der Waals surface area contributed by atoms with E-state index in [4.69, 9.17) is 0 Å². The van der Waals surface area contributed by atoms with Crippen molar-refractivity contribution in [2.24, 2.45) is 0 Å². The van der Waals surface area contributed by atoms with E-state index in [-0.39, 0.29) is 18.5 Å². The zero-order valence-electron chi connectivity index (χ0n) is 14.5. The van der Waals surface area contributed by atoms with Gasteiger partial charge in [-0.15, -0.1) is 22.7 Å².